The molecule has 0 spiro atoms. The Morgan fingerprint density at radius 2 is 2.00 bits per heavy atom. The van der Waals surface area contributed by atoms with Crippen LogP contribution in [0.1, 0.15) is 27.5 Å². The van der Waals surface area contributed by atoms with Crippen LogP contribution in [0, 0.1) is 5.82 Å². The summed E-state index contributed by atoms with van der Waals surface area (Å²) in [6.45, 7) is 2.13. The summed E-state index contributed by atoms with van der Waals surface area (Å²) in [5.41, 5.74) is 2.09. The summed E-state index contributed by atoms with van der Waals surface area (Å²) >= 11 is 0. The summed E-state index contributed by atoms with van der Waals surface area (Å²) in [7, 11) is 1.33. The van der Waals surface area contributed by atoms with Gasteiger partial charge in [0, 0.05) is 26.2 Å². The maximum absolute atomic E-state index is 13.6. The summed E-state index contributed by atoms with van der Waals surface area (Å²) < 4.78 is 18.2. The molecule has 2 N–H and O–H groups in total. The van der Waals surface area contributed by atoms with Gasteiger partial charge in [-0.2, -0.15) is 0 Å². The van der Waals surface area contributed by atoms with Crippen LogP contribution >= 0.6 is 12.4 Å². The van der Waals surface area contributed by atoms with Crippen molar-refractivity contribution in [2.75, 3.05) is 26.7 Å². The maximum Gasteiger partial charge on any atom is 0.337 e. The monoisotopic (exact) mass is 407 g/mol. The molecule has 1 aliphatic heterocycles. The second-order valence-corrected chi connectivity index (χ2v) is 6.32. The number of carbonyl (C=O) groups excluding carboxylic acids is 2. The lowest BCUT2D eigenvalue weighted by Gasteiger charge is -2.36. The highest BCUT2D eigenvalue weighted by Gasteiger charge is 2.27. The molecule has 28 heavy (non-hydrogen) atoms. The fraction of sp³-hybridized carbons (Fsp3) is 0.300. The van der Waals surface area contributed by atoms with E-state index in [1.807, 2.05) is 6.07 Å². The average Bonchev–Trinajstić information content (AvgIpc) is 2.72. The Kier molecular flexibility index (Phi) is 7.78. The first-order chi connectivity index (χ1) is 13.1. The highest BCUT2D eigenvalue weighted by Crippen LogP contribution is 2.23. The van der Waals surface area contributed by atoms with E-state index < -0.39 is 5.97 Å². The highest BCUT2D eigenvalue weighted by molar-refractivity contribution is 5.89. The Morgan fingerprint density at radius 1 is 1.25 bits per heavy atom. The molecule has 1 heterocycles. The fourth-order valence-electron chi connectivity index (χ4n) is 3.11. The number of carbonyl (C=O) groups is 2. The summed E-state index contributed by atoms with van der Waals surface area (Å²) in [6.07, 6.45) is 0. The minimum absolute atomic E-state index is 0. The van der Waals surface area contributed by atoms with Gasteiger partial charge in [-0.05, 0) is 35.4 Å². The van der Waals surface area contributed by atoms with Crippen LogP contribution in [0.25, 0.3) is 0 Å². The zero-order valence-corrected chi connectivity index (χ0v) is 16.3. The molecule has 3 rings (SSSR count). The van der Waals surface area contributed by atoms with E-state index in [4.69, 9.17) is 0 Å². The minimum Gasteiger partial charge on any atom is -0.465 e. The molecule has 2 aromatic rings. The number of halogens is 2. The standard InChI is InChI=1S/C20H22FN3O3.ClH/c1-27-19(25)15-7-5-14(6-8-15)12-23-20(26)24-10-9-22-13-18(24)16-3-2-4-17(21)11-16;/h2-8,11,18,22H,9-10,12-13H2,1H3,(H,23,26);1H. The van der Waals surface area contributed by atoms with Gasteiger partial charge in [-0.3, -0.25) is 0 Å². The summed E-state index contributed by atoms with van der Waals surface area (Å²) in [4.78, 5) is 25.9. The van der Waals surface area contributed by atoms with Crippen molar-refractivity contribution in [2.24, 2.45) is 0 Å². The van der Waals surface area contributed by atoms with Crippen LogP contribution in [-0.2, 0) is 11.3 Å². The number of amides is 2. The van der Waals surface area contributed by atoms with Gasteiger partial charge < -0.3 is 20.3 Å². The van der Waals surface area contributed by atoms with Gasteiger partial charge in [-0.15, -0.1) is 12.4 Å². The largest absolute Gasteiger partial charge is 0.465 e. The van der Waals surface area contributed by atoms with Crippen molar-refractivity contribution in [1.82, 2.24) is 15.5 Å². The first kappa shape index (κ1) is 21.7. The second-order valence-electron chi connectivity index (χ2n) is 6.32. The third-order valence-electron chi connectivity index (χ3n) is 4.56. The average molecular weight is 408 g/mol. The molecule has 2 amide bonds. The van der Waals surface area contributed by atoms with Crippen LogP contribution in [-0.4, -0.2) is 43.6 Å². The van der Waals surface area contributed by atoms with Gasteiger partial charge in [0.15, 0.2) is 0 Å². The molecule has 2 aromatic carbocycles. The maximum atomic E-state index is 13.6. The van der Waals surface area contributed by atoms with Crippen LogP contribution in [0.2, 0.25) is 0 Å². The SMILES string of the molecule is COC(=O)c1ccc(CNC(=O)N2CCNCC2c2cccc(F)c2)cc1.Cl. The molecule has 1 atom stereocenters. The zero-order chi connectivity index (χ0) is 19.2. The van der Waals surface area contributed by atoms with Gasteiger partial charge >= 0.3 is 12.0 Å². The number of hydrogen-bond acceptors (Lipinski definition) is 4. The molecular weight excluding hydrogens is 385 g/mol. The minimum atomic E-state index is -0.399. The molecule has 0 aromatic heterocycles. The van der Waals surface area contributed by atoms with E-state index in [-0.39, 0.29) is 30.3 Å². The van der Waals surface area contributed by atoms with Gasteiger partial charge in [0.25, 0.3) is 0 Å². The van der Waals surface area contributed by atoms with Crippen LogP contribution in [0.3, 0.4) is 0 Å². The number of piperazine rings is 1. The number of benzene rings is 2. The Balaban J connectivity index is 0.00000280. The van der Waals surface area contributed by atoms with E-state index in [1.54, 1.807) is 35.2 Å². The normalized spacial score (nSPS) is 16.1. The quantitative estimate of drug-likeness (QED) is 0.764. The number of methoxy groups -OCH3 is 1. The molecule has 8 heteroatoms. The van der Waals surface area contributed by atoms with E-state index in [0.717, 1.165) is 11.1 Å². The topological polar surface area (TPSA) is 70.7 Å². The summed E-state index contributed by atoms with van der Waals surface area (Å²) in [5, 5.41) is 6.14. The zero-order valence-electron chi connectivity index (χ0n) is 15.5. The smallest absolute Gasteiger partial charge is 0.337 e. The molecule has 150 valence electrons. The van der Waals surface area contributed by atoms with E-state index in [0.29, 0.717) is 31.7 Å². The molecule has 0 saturated carbocycles. The molecule has 0 bridgehead atoms. The van der Waals surface area contributed by atoms with Crippen LogP contribution in [0.5, 0.6) is 0 Å². The highest BCUT2D eigenvalue weighted by atomic mass is 35.5. The van der Waals surface area contributed by atoms with Crippen molar-refractivity contribution in [3.63, 3.8) is 0 Å². The molecule has 0 radical (unpaired) electrons. The number of ether oxygens (including phenoxy) is 1. The van der Waals surface area contributed by atoms with Crippen molar-refractivity contribution < 1.29 is 18.7 Å². The van der Waals surface area contributed by atoms with Gasteiger partial charge in [0.1, 0.15) is 5.82 Å². The van der Waals surface area contributed by atoms with Crippen molar-refractivity contribution in [2.45, 2.75) is 12.6 Å². The van der Waals surface area contributed by atoms with Crippen LogP contribution in [0.15, 0.2) is 48.5 Å². The molecule has 6 nitrogen and oxygen atoms in total. The van der Waals surface area contributed by atoms with Crippen LogP contribution < -0.4 is 10.6 Å². The predicted molar refractivity (Wildman–Crippen MR) is 106 cm³/mol. The number of hydrogen-bond donors (Lipinski definition) is 2. The second kappa shape index (κ2) is 10.1. The third-order valence-corrected chi connectivity index (χ3v) is 4.56. The fourth-order valence-corrected chi connectivity index (χ4v) is 3.11. The first-order valence-electron chi connectivity index (χ1n) is 8.76. The Labute approximate surface area is 169 Å². The number of urea groups is 1. The van der Waals surface area contributed by atoms with E-state index in [1.165, 1.54) is 19.2 Å². The number of nitrogens with one attached hydrogen (secondary N) is 2. The molecule has 1 aliphatic rings. The Hall–Kier alpha value is -2.64. The van der Waals surface area contributed by atoms with Crippen molar-refractivity contribution in [1.29, 1.82) is 0 Å². The third kappa shape index (κ3) is 5.21. The van der Waals surface area contributed by atoms with E-state index >= 15 is 0 Å². The van der Waals surface area contributed by atoms with Gasteiger partial charge in [-0.1, -0.05) is 24.3 Å². The van der Waals surface area contributed by atoms with Gasteiger partial charge in [0.2, 0.25) is 0 Å². The molecule has 1 saturated heterocycles. The molecular formula is C20H23ClFN3O3. The predicted octanol–water partition coefficient (Wildman–Crippen LogP) is 2.89. The van der Waals surface area contributed by atoms with E-state index in [2.05, 4.69) is 15.4 Å². The summed E-state index contributed by atoms with van der Waals surface area (Å²) in [6, 6.07) is 12.8. The Morgan fingerprint density at radius 3 is 2.68 bits per heavy atom. The molecule has 1 unspecified atom stereocenters. The lowest BCUT2D eigenvalue weighted by Crippen LogP contribution is -2.51. The number of nitrogens with zero attached hydrogens (tertiary/aromatic N) is 1. The molecule has 1 fully saturated rings. The van der Waals surface area contributed by atoms with E-state index in [9.17, 15) is 14.0 Å². The number of rotatable bonds is 4. The van der Waals surface area contributed by atoms with Gasteiger partial charge in [-0.25, -0.2) is 14.0 Å². The van der Waals surface area contributed by atoms with Crippen LogP contribution in [0.4, 0.5) is 9.18 Å². The Bertz CT molecular complexity index is 817. The van der Waals surface area contributed by atoms with Gasteiger partial charge in [0.05, 0.1) is 18.7 Å². The first-order valence-corrected chi connectivity index (χ1v) is 8.76. The summed E-state index contributed by atoms with van der Waals surface area (Å²) in [5.74, 6) is -0.714. The lowest BCUT2D eigenvalue weighted by atomic mass is 10.0. The number of esters is 1. The molecule has 0 aliphatic carbocycles. The lowest BCUT2D eigenvalue weighted by molar-refractivity contribution is 0.0600. The van der Waals surface area contributed by atoms with Crippen molar-refractivity contribution in [3.8, 4) is 0 Å². The van der Waals surface area contributed by atoms with Crippen molar-refractivity contribution >= 4 is 24.4 Å². The van der Waals surface area contributed by atoms with Crippen molar-refractivity contribution in [3.05, 3.63) is 71.0 Å².